The van der Waals surface area contributed by atoms with Gasteiger partial charge >= 0.3 is 29.6 Å². The topological polar surface area (TPSA) is 160 Å². The van der Waals surface area contributed by atoms with Crippen molar-refractivity contribution in [1.82, 2.24) is 9.97 Å². The zero-order valence-electron chi connectivity index (χ0n) is 14.0. The molecule has 0 aliphatic carbocycles. The first kappa shape index (κ1) is 22.4. The van der Waals surface area contributed by atoms with Crippen molar-refractivity contribution < 1.29 is 60.4 Å². The SMILES string of the molecule is COc1ncnc(NS(=O)(=O)c2ccc(NS(=O)(=O)[O-])cc2)c1OC.[Na+]. The number of sulfonamides is 1. The number of rotatable bonds is 7. The molecule has 0 saturated heterocycles. The van der Waals surface area contributed by atoms with E-state index in [-0.39, 0.29) is 57.6 Å². The molecule has 1 aromatic heterocycles. The third-order valence-corrected chi connectivity index (χ3v) is 4.65. The molecule has 2 N–H and O–H groups in total. The summed E-state index contributed by atoms with van der Waals surface area (Å²) in [5, 5.41) is 0. The smallest absolute Gasteiger partial charge is 0.731 e. The maximum Gasteiger partial charge on any atom is 1.00 e. The molecule has 0 amide bonds. The van der Waals surface area contributed by atoms with E-state index in [0.29, 0.717) is 0 Å². The summed E-state index contributed by atoms with van der Waals surface area (Å²) in [6, 6.07) is 4.48. The van der Waals surface area contributed by atoms with Crippen molar-refractivity contribution in [2.24, 2.45) is 0 Å². The van der Waals surface area contributed by atoms with Crippen molar-refractivity contribution in [2.45, 2.75) is 4.90 Å². The summed E-state index contributed by atoms with van der Waals surface area (Å²) in [6.45, 7) is 0. The molecule has 0 radical (unpaired) electrons. The number of aromatic nitrogens is 2. The molecular formula is C12H13N4NaO7S2. The van der Waals surface area contributed by atoms with E-state index in [9.17, 15) is 21.4 Å². The summed E-state index contributed by atoms with van der Waals surface area (Å²) < 4.78 is 70.5. The number of anilines is 2. The average molecular weight is 412 g/mol. The van der Waals surface area contributed by atoms with Gasteiger partial charge in [0.05, 0.1) is 19.1 Å². The molecule has 2 aromatic rings. The molecule has 14 heteroatoms. The molecule has 2 rings (SSSR count). The third-order valence-electron chi connectivity index (χ3n) is 2.81. The fourth-order valence-corrected chi connectivity index (χ4v) is 3.23. The standard InChI is InChI=1S/C12H14N4O7S2.Na/c1-22-10-11(13-7-14-12(10)23-2)16-24(17,18)9-5-3-8(4-6-9)15-25(19,20)21;/h3-7,15H,1-2H3,(H,13,14,16)(H,19,20,21);/q;+1/p-1. The minimum absolute atomic E-state index is 0. The number of ether oxygens (including phenoxy) is 2. The van der Waals surface area contributed by atoms with E-state index in [1.807, 2.05) is 0 Å². The van der Waals surface area contributed by atoms with Crippen LogP contribution in [0.1, 0.15) is 0 Å². The second-order valence-electron chi connectivity index (χ2n) is 4.45. The van der Waals surface area contributed by atoms with Gasteiger partial charge in [0.1, 0.15) is 6.33 Å². The molecule has 11 nitrogen and oxygen atoms in total. The van der Waals surface area contributed by atoms with Crippen molar-refractivity contribution in [2.75, 3.05) is 23.7 Å². The van der Waals surface area contributed by atoms with Gasteiger partial charge in [-0.2, -0.15) is 4.98 Å². The first-order valence-electron chi connectivity index (χ1n) is 6.46. The van der Waals surface area contributed by atoms with E-state index < -0.39 is 20.3 Å². The predicted octanol–water partition coefficient (Wildman–Crippen LogP) is -2.83. The monoisotopic (exact) mass is 412 g/mol. The zero-order valence-corrected chi connectivity index (χ0v) is 17.6. The first-order valence-corrected chi connectivity index (χ1v) is 9.35. The quantitative estimate of drug-likeness (QED) is 0.361. The van der Waals surface area contributed by atoms with Crippen LogP contribution in [0.3, 0.4) is 0 Å². The van der Waals surface area contributed by atoms with Crippen LogP contribution in [0.5, 0.6) is 11.6 Å². The predicted molar refractivity (Wildman–Crippen MR) is 85.7 cm³/mol. The summed E-state index contributed by atoms with van der Waals surface area (Å²) in [5.74, 6) is -0.113. The van der Waals surface area contributed by atoms with Crippen LogP contribution in [0.2, 0.25) is 0 Å². The number of benzene rings is 1. The van der Waals surface area contributed by atoms with E-state index in [4.69, 9.17) is 9.47 Å². The second-order valence-corrected chi connectivity index (χ2v) is 7.25. The van der Waals surface area contributed by atoms with E-state index in [2.05, 4.69) is 14.7 Å². The number of nitrogens with one attached hydrogen (secondary N) is 2. The zero-order chi connectivity index (χ0) is 18.7. The van der Waals surface area contributed by atoms with Gasteiger partial charge in [0.2, 0.25) is 5.75 Å². The Hall–Kier alpha value is -1.64. The average Bonchev–Trinajstić information content (AvgIpc) is 2.53. The van der Waals surface area contributed by atoms with E-state index in [1.54, 1.807) is 4.72 Å². The molecule has 0 atom stereocenters. The molecule has 0 unspecified atom stereocenters. The molecule has 26 heavy (non-hydrogen) atoms. The fourth-order valence-electron chi connectivity index (χ4n) is 1.79. The largest absolute Gasteiger partial charge is 1.00 e. The Labute approximate surface area is 172 Å². The van der Waals surface area contributed by atoms with Gasteiger partial charge in [0.15, 0.2) is 16.1 Å². The van der Waals surface area contributed by atoms with Crippen molar-refractivity contribution in [3.63, 3.8) is 0 Å². The van der Waals surface area contributed by atoms with E-state index in [1.165, 1.54) is 14.2 Å². The summed E-state index contributed by atoms with van der Waals surface area (Å²) >= 11 is 0. The molecule has 1 aromatic carbocycles. The maximum atomic E-state index is 12.4. The summed E-state index contributed by atoms with van der Waals surface area (Å²) in [4.78, 5) is 7.39. The number of methoxy groups -OCH3 is 2. The molecule has 0 aliphatic rings. The van der Waals surface area contributed by atoms with Crippen molar-refractivity contribution in [3.05, 3.63) is 30.6 Å². The van der Waals surface area contributed by atoms with Crippen LogP contribution in [0, 0.1) is 0 Å². The van der Waals surface area contributed by atoms with E-state index >= 15 is 0 Å². The summed E-state index contributed by atoms with van der Waals surface area (Å²) in [5.41, 5.74) is -0.0739. The van der Waals surface area contributed by atoms with Crippen LogP contribution >= 0.6 is 0 Å². The molecule has 0 bridgehead atoms. The number of nitrogens with zero attached hydrogens (tertiary/aromatic N) is 2. The van der Waals surface area contributed by atoms with Gasteiger partial charge in [-0.3, -0.25) is 9.44 Å². The van der Waals surface area contributed by atoms with Crippen LogP contribution in [0.25, 0.3) is 0 Å². The minimum Gasteiger partial charge on any atom is -0.731 e. The fraction of sp³-hybridized carbons (Fsp3) is 0.167. The second kappa shape index (κ2) is 8.83. The van der Waals surface area contributed by atoms with Gasteiger partial charge in [-0.05, 0) is 24.3 Å². The third kappa shape index (κ3) is 5.69. The normalized spacial score (nSPS) is 11.2. The Morgan fingerprint density at radius 3 is 2.08 bits per heavy atom. The van der Waals surface area contributed by atoms with Crippen molar-refractivity contribution >= 4 is 31.8 Å². The number of hydrogen-bond acceptors (Lipinski definition) is 9. The molecule has 0 saturated carbocycles. The van der Waals surface area contributed by atoms with Crippen LogP contribution in [-0.4, -0.2) is 45.6 Å². The van der Waals surface area contributed by atoms with Crippen molar-refractivity contribution in [3.8, 4) is 11.6 Å². The van der Waals surface area contributed by atoms with Gasteiger partial charge in [0.25, 0.3) is 15.9 Å². The van der Waals surface area contributed by atoms with Gasteiger partial charge in [-0.15, -0.1) is 0 Å². The Morgan fingerprint density at radius 2 is 1.58 bits per heavy atom. The van der Waals surface area contributed by atoms with Gasteiger partial charge in [0, 0.05) is 5.69 Å². The Balaban J connectivity index is 0.00000338. The molecule has 0 fully saturated rings. The summed E-state index contributed by atoms with van der Waals surface area (Å²) in [7, 11) is -6.14. The van der Waals surface area contributed by atoms with Crippen molar-refractivity contribution in [1.29, 1.82) is 0 Å². The van der Waals surface area contributed by atoms with Crippen LogP contribution in [0.15, 0.2) is 35.5 Å². The first-order chi connectivity index (χ1) is 11.7. The Morgan fingerprint density at radius 1 is 0.962 bits per heavy atom. The van der Waals surface area contributed by atoms with Gasteiger partial charge < -0.3 is 14.0 Å². The minimum atomic E-state index is -4.70. The summed E-state index contributed by atoms with van der Waals surface area (Å²) in [6.07, 6.45) is 1.09. The number of hydrogen-bond donors (Lipinski definition) is 2. The molecule has 0 spiro atoms. The molecule has 1 heterocycles. The Bertz CT molecular complexity index is 966. The molecular weight excluding hydrogens is 399 g/mol. The maximum absolute atomic E-state index is 12.4. The van der Waals surface area contributed by atoms with Crippen LogP contribution in [0.4, 0.5) is 11.5 Å². The molecule has 0 aliphatic heterocycles. The van der Waals surface area contributed by atoms with Crippen LogP contribution in [-0.2, 0) is 20.3 Å². The van der Waals surface area contributed by atoms with Crippen LogP contribution < -0.4 is 48.5 Å². The Kier molecular flexibility index (Phi) is 7.61. The van der Waals surface area contributed by atoms with Gasteiger partial charge in [-0.25, -0.2) is 21.8 Å². The van der Waals surface area contributed by atoms with E-state index in [0.717, 1.165) is 30.6 Å². The molecule has 136 valence electrons. The van der Waals surface area contributed by atoms with Gasteiger partial charge in [-0.1, -0.05) is 0 Å².